The van der Waals surface area contributed by atoms with E-state index >= 15 is 0 Å². The van der Waals surface area contributed by atoms with Crippen molar-refractivity contribution in [2.24, 2.45) is 0 Å². The summed E-state index contributed by atoms with van der Waals surface area (Å²) in [6.45, 7) is 1.87. The SMILES string of the molecule is Cc1ccc(Cl)cc1N1C(=O)NC(=O)/C(=C\c2ccccc2OCc2ccc(Cl)cc2Cl)C1=O. The molecule has 4 amide bonds. The molecule has 0 radical (unpaired) electrons. The van der Waals surface area contributed by atoms with Gasteiger partial charge in [-0.1, -0.05) is 65.1 Å². The van der Waals surface area contributed by atoms with E-state index in [0.29, 0.717) is 37.5 Å². The third-order valence-electron chi connectivity index (χ3n) is 5.13. The summed E-state index contributed by atoms with van der Waals surface area (Å²) in [5.41, 5.74) is 1.90. The number of hydrogen-bond acceptors (Lipinski definition) is 4. The summed E-state index contributed by atoms with van der Waals surface area (Å²) in [4.78, 5) is 39.2. The quantitative estimate of drug-likeness (QED) is 0.324. The maximum absolute atomic E-state index is 13.2. The van der Waals surface area contributed by atoms with Gasteiger partial charge < -0.3 is 4.74 Å². The molecule has 0 bridgehead atoms. The lowest BCUT2D eigenvalue weighted by Crippen LogP contribution is -2.54. The fourth-order valence-electron chi connectivity index (χ4n) is 3.38. The first-order valence-electron chi connectivity index (χ1n) is 10.1. The highest BCUT2D eigenvalue weighted by molar-refractivity contribution is 6.40. The molecule has 0 aliphatic carbocycles. The number of nitrogens with zero attached hydrogens (tertiary/aromatic N) is 1. The van der Waals surface area contributed by atoms with Crippen LogP contribution in [0, 0.1) is 6.92 Å². The van der Waals surface area contributed by atoms with Crippen molar-refractivity contribution in [2.75, 3.05) is 4.90 Å². The first-order chi connectivity index (χ1) is 16.2. The molecule has 4 rings (SSSR count). The minimum atomic E-state index is -0.848. The van der Waals surface area contributed by atoms with E-state index in [2.05, 4.69) is 5.32 Å². The van der Waals surface area contributed by atoms with E-state index in [1.807, 2.05) is 0 Å². The van der Waals surface area contributed by atoms with Crippen LogP contribution in [0.25, 0.3) is 6.08 Å². The van der Waals surface area contributed by atoms with Gasteiger partial charge in [0, 0.05) is 26.2 Å². The van der Waals surface area contributed by atoms with Crippen LogP contribution in [0.1, 0.15) is 16.7 Å². The number of hydrogen-bond donors (Lipinski definition) is 1. The number of carbonyl (C=O) groups excluding carboxylic acids is 3. The van der Waals surface area contributed by atoms with Crippen molar-refractivity contribution in [3.63, 3.8) is 0 Å². The zero-order chi connectivity index (χ0) is 24.4. The molecule has 0 saturated carbocycles. The summed E-state index contributed by atoms with van der Waals surface area (Å²) in [5.74, 6) is -1.15. The van der Waals surface area contributed by atoms with Crippen LogP contribution in [0.3, 0.4) is 0 Å². The first kappa shape index (κ1) is 23.8. The second kappa shape index (κ2) is 9.89. The third-order valence-corrected chi connectivity index (χ3v) is 5.95. The molecule has 0 spiro atoms. The van der Waals surface area contributed by atoms with E-state index < -0.39 is 17.8 Å². The van der Waals surface area contributed by atoms with Gasteiger partial charge in [0.2, 0.25) is 0 Å². The van der Waals surface area contributed by atoms with Gasteiger partial charge in [-0.15, -0.1) is 0 Å². The number of nitrogens with one attached hydrogen (secondary N) is 1. The number of aryl methyl sites for hydroxylation is 1. The summed E-state index contributed by atoms with van der Waals surface area (Å²) in [7, 11) is 0. The van der Waals surface area contributed by atoms with Gasteiger partial charge in [0.1, 0.15) is 17.9 Å². The minimum Gasteiger partial charge on any atom is -0.488 e. The summed E-state index contributed by atoms with van der Waals surface area (Å²) < 4.78 is 5.91. The predicted octanol–water partition coefficient (Wildman–Crippen LogP) is 6.20. The van der Waals surface area contributed by atoms with Gasteiger partial charge in [-0.2, -0.15) is 0 Å². The average molecular weight is 516 g/mol. The highest BCUT2D eigenvalue weighted by atomic mass is 35.5. The zero-order valence-corrected chi connectivity index (χ0v) is 20.0. The number of halogens is 3. The number of barbiturate groups is 1. The normalized spacial score (nSPS) is 15.0. The van der Waals surface area contributed by atoms with Gasteiger partial charge >= 0.3 is 6.03 Å². The molecule has 34 heavy (non-hydrogen) atoms. The highest BCUT2D eigenvalue weighted by Crippen LogP contribution is 2.30. The van der Waals surface area contributed by atoms with Crippen molar-refractivity contribution < 1.29 is 19.1 Å². The molecular weight excluding hydrogens is 499 g/mol. The van der Waals surface area contributed by atoms with Gasteiger partial charge in [0.05, 0.1) is 5.69 Å². The largest absolute Gasteiger partial charge is 0.488 e. The van der Waals surface area contributed by atoms with Crippen LogP contribution in [0.4, 0.5) is 10.5 Å². The Labute approximate surface area is 210 Å². The molecule has 1 N–H and O–H groups in total. The Balaban J connectivity index is 1.66. The van der Waals surface area contributed by atoms with Crippen molar-refractivity contribution in [1.29, 1.82) is 0 Å². The molecule has 6 nitrogen and oxygen atoms in total. The number of amides is 4. The van der Waals surface area contributed by atoms with E-state index in [0.717, 1.165) is 4.90 Å². The molecule has 0 unspecified atom stereocenters. The van der Waals surface area contributed by atoms with Crippen LogP contribution in [0.2, 0.25) is 15.1 Å². The molecule has 1 aliphatic rings. The van der Waals surface area contributed by atoms with Crippen molar-refractivity contribution in [3.05, 3.63) is 98.0 Å². The lowest BCUT2D eigenvalue weighted by Gasteiger charge is -2.27. The smallest absolute Gasteiger partial charge is 0.335 e. The summed E-state index contributed by atoms with van der Waals surface area (Å²) in [6.07, 6.45) is 1.38. The van der Waals surface area contributed by atoms with Crippen molar-refractivity contribution >= 4 is 64.4 Å². The number of rotatable bonds is 5. The van der Waals surface area contributed by atoms with Gasteiger partial charge in [-0.25, -0.2) is 9.69 Å². The molecular formula is C25H17Cl3N2O4. The number of carbonyl (C=O) groups is 3. The Morgan fingerprint density at radius 3 is 2.41 bits per heavy atom. The summed E-state index contributed by atoms with van der Waals surface area (Å²) in [6, 6.07) is 15.9. The van der Waals surface area contributed by atoms with Crippen LogP contribution in [-0.4, -0.2) is 17.8 Å². The number of urea groups is 1. The van der Waals surface area contributed by atoms with E-state index in [1.165, 1.54) is 12.1 Å². The van der Waals surface area contributed by atoms with E-state index in [-0.39, 0.29) is 17.9 Å². The fraction of sp³-hybridized carbons (Fsp3) is 0.0800. The molecule has 1 saturated heterocycles. The summed E-state index contributed by atoms with van der Waals surface area (Å²) in [5, 5.41) is 3.52. The van der Waals surface area contributed by atoms with Gasteiger partial charge in [-0.3, -0.25) is 14.9 Å². The maximum atomic E-state index is 13.2. The van der Waals surface area contributed by atoms with Gasteiger partial charge in [0.15, 0.2) is 0 Å². The third kappa shape index (κ3) is 4.94. The molecule has 1 aliphatic heterocycles. The lowest BCUT2D eigenvalue weighted by atomic mass is 10.0. The first-order valence-corrected chi connectivity index (χ1v) is 11.2. The molecule has 1 fully saturated rings. The standard InChI is InChI=1S/C25H17Cl3N2O4/c1-14-6-8-18(27)12-21(14)30-24(32)19(23(31)29-25(30)33)10-15-4-2-3-5-22(15)34-13-16-7-9-17(26)11-20(16)28/h2-12H,13H2,1H3,(H,29,31,33)/b19-10+. The van der Waals surface area contributed by atoms with E-state index in [9.17, 15) is 14.4 Å². The number of ether oxygens (including phenoxy) is 1. The van der Waals surface area contributed by atoms with Gasteiger partial charge in [0.25, 0.3) is 11.8 Å². The van der Waals surface area contributed by atoms with E-state index in [1.54, 1.807) is 61.5 Å². The molecule has 0 aromatic heterocycles. The van der Waals surface area contributed by atoms with Gasteiger partial charge in [-0.05, 0) is 48.9 Å². The monoisotopic (exact) mass is 514 g/mol. The number of para-hydroxylation sites is 1. The lowest BCUT2D eigenvalue weighted by molar-refractivity contribution is -0.122. The molecule has 1 heterocycles. The van der Waals surface area contributed by atoms with E-state index in [4.69, 9.17) is 39.5 Å². The highest BCUT2D eigenvalue weighted by Gasteiger charge is 2.37. The van der Waals surface area contributed by atoms with Crippen LogP contribution < -0.4 is 15.0 Å². The van der Waals surface area contributed by atoms with Crippen LogP contribution in [0.5, 0.6) is 5.75 Å². The second-order valence-electron chi connectivity index (χ2n) is 7.45. The molecule has 172 valence electrons. The molecule has 0 atom stereocenters. The minimum absolute atomic E-state index is 0.142. The van der Waals surface area contributed by atoms with Crippen LogP contribution in [-0.2, 0) is 16.2 Å². The predicted molar refractivity (Wildman–Crippen MR) is 132 cm³/mol. The fourth-order valence-corrected chi connectivity index (χ4v) is 4.01. The topological polar surface area (TPSA) is 75.7 Å². The Kier molecular flexibility index (Phi) is 6.93. The molecule has 3 aromatic carbocycles. The molecule has 9 heteroatoms. The maximum Gasteiger partial charge on any atom is 0.335 e. The van der Waals surface area contributed by atoms with Crippen molar-refractivity contribution in [1.82, 2.24) is 5.32 Å². The van der Waals surface area contributed by atoms with Crippen molar-refractivity contribution in [3.8, 4) is 5.75 Å². The Hall–Kier alpha value is -3.32. The number of benzene rings is 3. The molecule has 3 aromatic rings. The second-order valence-corrected chi connectivity index (χ2v) is 8.73. The van der Waals surface area contributed by atoms with Crippen LogP contribution in [0.15, 0.2) is 66.2 Å². The number of imide groups is 2. The number of anilines is 1. The zero-order valence-electron chi connectivity index (χ0n) is 17.8. The van der Waals surface area contributed by atoms with Crippen LogP contribution >= 0.6 is 34.8 Å². The average Bonchev–Trinajstić information content (AvgIpc) is 2.79. The summed E-state index contributed by atoms with van der Waals surface area (Å²) >= 11 is 18.2. The Morgan fingerprint density at radius 1 is 0.941 bits per heavy atom. The Morgan fingerprint density at radius 2 is 1.65 bits per heavy atom. The van der Waals surface area contributed by atoms with Crippen molar-refractivity contribution in [2.45, 2.75) is 13.5 Å². The Bertz CT molecular complexity index is 1350.